The fourth-order valence-corrected chi connectivity index (χ4v) is 1.74. The van der Waals surface area contributed by atoms with Gasteiger partial charge in [0.25, 0.3) is 5.91 Å². The zero-order chi connectivity index (χ0) is 13.8. The number of carboxylic acid groups (broad SMARTS) is 1. The summed E-state index contributed by atoms with van der Waals surface area (Å²) in [6.45, 7) is 0.408. The molecule has 7 nitrogen and oxygen atoms in total. The minimum Gasteiger partial charge on any atom is -0.481 e. The lowest BCUT2D eigenvalue weighted by atomic mass is 10.2. The smallest absolute Gasteiger partial charge is 0.303 e. The third-order valence-electron chi connectivity index (χ3n) is 2.77. The molecule has 1 N–H and O–H groups in total. The molecule has 2 aromatic heterocycles. The predicted octanol–water partition coefficient (Wildman–Crippen LogP) is 0.666. The number of nitrogens with zero attached hydrogens (tertiary/aromatic N) is 4. The summed E-state index contributed by atoms with van der Waals surface area (Å²) >= 11 is 0. The van der Waals surface area contributed by atoms with Crippen LogP contribution in [0.25, 0.3) is 5.65 Å². The minimum atomic E-state index is -0.855. The van der Waals surface area contributed by atoms with E-state index >= 15 is 0 Å². The third kappa shape index (κ3) is 3.06. The van der Waals surface area contributed by atoms with Crippen molar-refractivity contribution >= 4 is 17.5 Å². The maximum absolute atomic E-state index is 12.1. The second-order valence-corrected chi connectivity index (χ2v) is 4.24. The highest BCUT2D eigenvalue weighted by atomic mass is 16.4. The summed E-state index contributed by atoms with van der Waals surface area (Å²) < 4.78 is 1.67. The van der Waals surface area contributed by atoms with Crippen LogP contribution in [0.3, 0.4) is 0 Å². The van der Waals surface area contributed by atoms with Crippen molar-refractivity contribution in [2.75, 3.05) is 13.6 Å². The van der Waals surface area contributed by atoms with Crippen LogP contribution >= 0.6 is 0 Å². The lowest BCUT2D eigenvalue weighted by molar-refractivity contribution is -0.137. The van der Waals surface area contributed by atoms with Gasteiger partial charge in [-0.2, -0.15) is 0 Å². The van der Waals surface area contributed by atoms with E-state index in [1.54, 1.807) is 29.8 Å². The number of carboxylic acids is 1. The predicted molar refractivity (Wildman–Crippen MR) is 66.8 cm³/mol. The van der Waals surface area contributed by atoms with Crippen LogP contribution in [-0.4, -0.2) is 50.1 Å². The molecule has 0 unspecified atom stereocenters. The molecule has 19 heavy (non-hydrogen) atoms. The zero-order valence-corrected chi connectivity index (χ0v) is 10.5. The van der Waals surface area contributed by atoms with Crippen LogP contribution in [0.5, 0.6) is 0 Å². The first-order valence-electron chi connectivity index (χ1n) is 5.84. The fourth-order valence-electron chi connectivity index (χ4n) is 1.74. The number of carbonyl (C=O) groups excluding carboxylic acids is 1. The summed E-state index contributed by atoms with van der Waals surface area (Å²) in [5.41, 5.74) is 1.19. The monoisotopic (exact) mass is 262 g/mol. The van der Waals surface area contributed by atoms with E-state index in [0.717, 1.165) is 0 Å². The van der Waals surface area contributed by atoms with Crippen molar-refractivity contribution in [3.63, 3.8) is 0 Å². The van der Waals surface area contributed by atoms with Crippen molar-refractivity contribution in [2.24, 2.45) is 0 Å². The van der Waals surface area contributed by atoms with Crippen molar-refractivity contribution < 1.29 is 14.7 Å². The quantitative estimate of drug-likeness (QED) is 0.855. The van der Waals surface area contributed by atoms with Gasteiger partial charge in [-0.05, 0) is 18.6 Å². The first-order valence-corrected chi connectivity index (χ1v) is 5.84. The van der Waals surface area contributed by atoms with Crippen molar-refractivity contribution in [3.05, 3.63) is 30.2 Å². The average molecular weight is 262 g/mol. The fraction of sp³-hybridized carbons (Fsp3) is 0.333. The van der Waals surface area contributed by atoms with E-state index in [1.807, 2.05) is 0 Å². The number of carbonyl (C=O) groups is 2. The number of pyridine rings is 1. The molecule has 0 aliphatic heterocycles. The highest BCUT2D eigenvalue weighted by Crippen LogP contribution is 2.07. The summed E-state index contributed by atoms with van der Waals surface area (Å²) in [7, 11) is 1.65. The number of aromatic nitrogens is 3. The van der Waals surface area contributed by atoms with Gasteiger partial charge in [0.15, 0.2) is 5.65 Å². The Bertz CT molecular complexity index is 608. The van der Waals surface area contributed by atoms with E-state index in [1.165, 1.54) is 11.2 Å². The van der Waals surface area contributed by atoms with Gasteiger partial charge in [-0.1, -0.05) is 0 Å². The van der Waals surface area contributed by atoms with Crippen LogP contribution in [0, 0.1) is 0 Å². The van der Waals surface area contributed by atoms with Crippen molar-refractivity contribution in [1.82, 2.24) is 19.5 Å². The number of rotatable bonds is 5. The molecular weight excluding hydrogens is 248 g/mol. The molecule has 0 saturated heterocycles. The highest BCUT2D eigenvalue weighted by molar-refractivity contribution is 5.94. The summed E-state index contributed by atoms with van der Waals surface area (Å²) in [4.78, 5) is 24.0. The highest BCUT2D eigenvalue weighted by Gasteiger charge is 2.12. The van der Waals surface area contributed by atoms with Gasteiger partial charge in [-0.15, -0.1) is 10.2 Å². The van der Waals surface area contributed by atoms with E-state index in [9.17, 15) is 9.59 Å². The molecule has 0 aliphatic carbocycles. The second kappa shape index (κ2) is 5.47. The molecule has 2 aromatic rings. The van der Waals surface area contributed by atoms with Crippen LogP contribution in [0.4, 0.5) is 0 Å². The first-order chi connectivity index (χ1) is 9.08. The lowest BCUT2D eigenvalue weighted by Crippen LogP contribution is -2.28. The van der Waals surface area contributed by atoms with Crippen molar-refractivity contribution in [3.8, 4) is 0 Å². The number of fused-ring (bicyclic) bond motifs is 1. The Morgan fingerprint density at radius 3 is 2.95 bits per heavy atom. The number of amides is 1. The molecule has 0 spiro atoms. The summed E-state index contributed by atoms with van der Waals surface area (Å²) in [6, 6.07) is 3.39. The number of hydrogen-bond donors (Lipinski definition) is 1. The Morgan fingerprint density at radius 1 is 1.42 bits per heavy atom. The largest absolute Gasteiger partial charge is 0.481 e. The summed E-state index contributed by atoms with van der Waals surface area (Å²) in [5, 5.41) is 16.2. The van der Waals surface area contributed by atoms with Gasteiger partial charge in [0, 0.05) is 26.2 Å². The molecule has 100 valence electrons. The Hall–Kier alpha value is -2.44. The standard InChI is InChI=1S/C12H14N4O3/c1-15(6-2-3-11(17)18)12(19)9-4-5-10-14-13-8-16(10)7-9/h4-5,7-8H,2-3,6H2,1H3,(H,17,18). The van der Waals surface area contributed by atoms with Gasteiger partial charge in [-0.25, -0.2) is 0 Å². The molecule has 0 atom stereocenters. The van der Waals surface area contributed by atoms with Crippen LogP contribution in [0.15, 0.2) is 24.7 Å². The molecule has 0 radical (unpaired) electrons. The maximum Gasteiger partial charge on any atom is 0.303 e. The average Bonchev–Trinajstić information content (AvgIpc) is 2.84. The van der Waals surface area contributed by atoms with Crippen LogP contribution in [-0.2, 0) is 4.79 Å². The molecule has 2 heterocycles. The summed E-state index contributed by atoms with van der Waals surface area (Å²) in [5.74, 6) is -1.01. The number of aliphatic carboxylic acids is 1. The number of hydrogen-bond acceptors (Lipinski definition) is 4. The third-order valence-corrected chi connectivity index (χ3v) is 2.77. The molecule has 2 rings (SSSR count). The molecule has 0 aliphatic rings. The lowest BCUT2D eigenvalue weighted by Gasteiger charge is -2.16. The molecule has 0 aromatic carbocycles. The van der Waals surface area contributed by atoms with Gasteiger partial charge in [0.05, 0.1) is 5.56 Å². The minimum absolute atomic E-state index is 0.0576. The van der Waals surface area contributed by atoms with E-state index in [4.69, 9.17) is 5.11 Å². The molecule has 0 fully saturated rings. The van der Waals surface area contributed by atoms with E-state index in [0.29, 0.717) is 24.2 Å². The molecule has 7 heteroatoms. The van der Waals surface area contributed by atoms with Gasteiger partial charge >= 0.3 is 5.97 Å². The maximum atomic E-state index is 12.1. The second-order valence-electron chi connectivity index (χ2n) is 4.24. The van der Waals surface area contributed by atoms with E-state index < -0.39 is 5.97 Å². The zero-order valence-electron chi connectivity index (χ0n) is 10.5. The Kier molecular flexibility index (Phi) is 3.74. The molecule has 1 amide bonds. The van der Waals surface area contributed by atoms with Crippen LogP contribution in [0.1, 0.15) is 23.2 Å². The first kappa shape index (κ1) is 13.0. The summed E-state index contributed by atoms with van der Waals surface area (Å²) in [6.07, 6.45) is 3.68. The van der Waals surface area contributed by atoms with E-state index in [2.05, 4.69) is 10.2 Å². The molecule has 0 bridgehead atoms. The van der Waals surface area contributed by atoms with E-state index in [-0.39, 0.29) is 12.3 Å². The van der Waals surface area contributed by atoms with Gasteiger partial charge < -0.3 is 10.0 Å². The van der Waals surface area contributed by atoms with Gasteiger partial charge in [0.1, 0.15) is 6.33 Å². The van der Waals surface area contributed by atoms with Crippen LogP contribution in [0.2, 0.25) is 0 Å². The van der Waals surface area contributed by atoms with Gasteiger partial charge in [-0.3, -0.25) is 14.0 Å². The SMILES string of the molecule is CN(CCCC(=O)O)C(=O)c1ccc2nncn2c1. The topological polar surface area (TPSA) is 87.8 Å². The van der Waals surface area contributed by atoms with Crippen LogP contribution < -0.4 is 0 Å². The van der Waals surface area contributed by atoms with Crippen molar-refractivity contribution in [2.45, 2.75) is 12.8 Å². The normalized spacial score (nSPS) is 10.6. The van der Waals surface area contributed by atoms with Crippen molar-refractivity contribution in [1.29, 1.82) is 0 Å². The Labute approximate surface area is 109 Å². The molecular formula is C12H14N4O3. The Balaban J connectivity index is 2.03. The molecule has 0 saturated carbocycles. The van der Waals surface area contributed by atoms with Gasteiger partial charge in [0.2, 0.25) is 0 Å². The Morgan fingerprint density at radius 2 is 2.21 bits per heavy atom.